The minimum atomic E-state index is -0.319. The maximum absolute atomic E-state index is 14.0. The van der Waals surface area contributed by atoms with Crippen molar-refractivity contribution in [3.05, 3.63) is 28.8 Å². The van der Waals surface area contributed by atoms with Gasteiger partial charge >= 0.3 is 0 Å². The van der Waals surface area contributed by atoms with E-state index in [1.165, 1.54) is 31.7 Å². The van der Waals surface area contributed by atoms with Gasteiger partial charge in [0.15, 0.2) is 0 Å². The fraction of sp³-hybridized carbons (Fsp3) is 0.619. The van der Waals surface area contributed by atoms with E-state index in [0.29, 0.717) is 34.7 Å². The van der Waals surface area contributed by atoms with Crippen molar-refractivity contribution < 1.29 is 4.39 Å². The Morgan fingerprint density at radius 3 is 2.68 bits per heavy atom. The van der Waals surface area contributed by atoms with Gasteiger partial charge in [0, 0.05) is 31.7 Å². The standard InChI is InChI=1S/C21H25ClFN5/c22-16-4-5-17(23)20-19(16)25-18(26-20)11-27-9-14-8-15(10-27)28(14)13-21(12-24)6-2-1-3-7-21/h4-5,14-15H,1-3,6-11,13H2,(H,25,26). The zero-order valence-electron chi connectivity index (χ0n) is 15.9. The van der Waals surface area contributed by atoms with Crippen molar-refractivity contribution >= 4 is 22.6 Å². The van der Waals surface area contributed by atoms with Crippen molar-refractivity contribution in [2.45, 2.75) is 57.2 Å². The molecule has 0 radical (unpaired) electrons. The van der Waals surface area contributed by atoms with E-state index in [0.717, 1.165) is 38.3 Å². The molecule has 4 fully saturated rings. The number of fused-ring (bicyclic) bond motifs is 3. The Morgan fingerprint density at radius 2 is 2.00 bits per heavy atom. The van der Waals surface area contributed by atoms with E-state index in [1.807, 2.05) is 0 Å². The van der Waals surface area contributed by atoms with Crippen LogP contribution < -0.4 is 0 Å². The van der Waals surface area contributed by atoms with Gasteiger partial charge in [0.1, 0.15) is 22.7 Å². The van der Waals surface area contributed by atoms with E-state index in [4.69, 9.17) is 11.6 Å². The van der Waals surface area contributed by atoms with Gasteiger partial charge in [-0.15, -0.1) is 0 Å². The highest BCUT2D eigenvalue weighted by Crippen LogP contribution is 2.41. The third kappa shape index (κ3) is 3.10. The van der Waals surface area contributed by atoms with E-state index in [1.54, 1.807) is 6.07 Å². The number of nitrogens with zero attached hydrogens (tertiary/aromatic N) is 4. The minimum Gasteiger partial charge on any atom is -0.338 e. The van der Waals surface area contributed by atoms with Gasteiger partial charge in [-0.3, -0.25) is 9.80 Å². The van der Waals surface area contributed by atoms with Crippen LogP contribution in [0.3, 0.4) is 0 Å². The van der Waals surface area contributed by atoms with Crippen LogP contribution in [0.2, 0.25) is 5.02 Å². The second-order valence-electron chi connectivity index (χ2n) is 8.80. The van der Waals surface area contributed by atoms with Gasteiger partial charge in [-0.25, -0.2) is 9.37 Å². The number of H-pyrrole nitrogens is 1. The quantitative estimate of drug-likeness (QED) is 0.838. The lowest BCUT2D eigenvalue weighted by Crippen LogP contribution is -2.69. The van der Waals surface area contributed by atoms with Gasteiger partial charge in [-0.05, 0) is 31.4 Å². The Hall–Kier alpha value is -1.68. The molecule has 0 amide bonds. The smallest absolute Gasteiger partial charge is 0.149 e. The van der Waals surface area contributed by atoms with Gasteiger partial charge in [0.05, 0.1) is 23.1 Å². The summed E-state index contributed by atoms with van der Waals surface area (Å²) in [4.78, 5) is 12.6. The van der Waals surface area contributed by atoms with Crippen LogP contribution in [0, 0.1) is 22.6 Å². The molecule has 3 saturated heterocycles. The van der Waals surface area contributed by atoms with E-state index in [-0.39, 0.29) is 11.2 Å². The molecule has 7 heteroatoms. The molecule has 2 unspecified atom stereocenters. The average molecular weight is 402 g/mol. The van der Waals surface area contributed by atoms with Gasteiger partial charge in [-0.2, -0.15) is 5.26 Å². The van der Waals surface area contributed by atoms with Crippen molar-refractivity contribution in [1.29, 1.82) is 5.26 Å². The summed E-state index contributed by atoms with van der Waals surface area (Å²) in [5.41, 5.74) is 0.762. The largest absolute Gasteiger partial charge is 0.338 e. The molecule has 2 atom stereocenters. The van der Waals surface area contributed by atoms with Crippen LogP contribution in [0.25, 0.3) is 11.0 Å². The molecule has 6 rings (SSSR count). The number of benzene rings is 1. The van der Waals surface area contributed by atoms with Crippen molar-refractivity contribution in [1.82, 2.24) is 19.8 Å². The van der Waals surface area contributed by atoms with Gasteiger partial charge < -0.3 is 4.98 Å². The Kier molecular flexibility index (Phi) is 4.58. The SMILES string of the molecule is N#CC1(CN2C3CC2CN(Cc2nc4c(Cl)ccc(F)c4[nH]2)C3)CCCCC1. The van der Waals surface area contributed by atoms with Gasteiger partial charge in [0.2, 0.25) is 0 Å². The molecule has 1 aliphatic carbocycles. The fourth-order valence-corrected chi connectivity index (χ4v) is 5.61. The molecule has 1 N–H and O–H groups in total. The molecule has 2 aromatic rings. The summed E-state index contributed by atoms with van der Waals surface area (Å²) in [6, 6.07) is 6.63. The first-order chi connectivity index (χ1) is 13.6. The molecule has 4 aliphatic rings. The molecular weight excluding hydrogens is 377 g/mol. The second-order valence-corrected chi connectivity index (χ2v) is 9.21. The Bertz CT molecular complexity index is 878. The molecule has 3 aliphatic heterocycles. The lowest BCUT2D eigenvalue weighted by molar-refractivity contribution is -0.0897. The van der Waals surface area contributed by atoms with Crippen LogP contribution in [-0.4, -0.2) is 51.5 Å². The maximum Gasteiger partial charge on any atom is 0.149 e. The summed E-state index contributed by atoms with van der Waals surface area (Å²) in [6.07, 6.45) is 6.97. The van der Waals surface area contributed by atoms with Crippen LogP contribution >= 0.6 is 11.6 Å². The van der Waals surface area contributed by atoms with E-state index >= 15 is 0 Å². The van der Waals surface area contributed by atoms with Crippen molar-refractivity contribution in [3.8, 4) is 6.07 Å². The number of piperazine rings is 1. The van der Waals surface area contributed by atoms with E-state index < -0.39 is 0 Å². The number of nitriles is 1. The third-order valence-electron chi connectivity index (χ3n) is 6.92. The number of piperidine rings is 1. The summed E-state index contributed by atoms with van der Waals surface area (Å²) >= 11 is 6.16. The fourth-order valence-electron chi connectivity index (χ4n) is 5.41. The van der Waals surface area contributed by atoms with Crippen LogP contribution in [-0.2, 0) is 6.54 Å². The first-order valence-electron chi connectivity index (χ1n) is 10.3. The van der Waals surface area contributed by atoms with Crippen LogP contribution in [0.5, 0.6) is 0 Å². The lowest BCUT2D eigenvalue weighted by atomic mass is 9.73. The molecule has 1 aromatic carbocycles. The summed E-state index contributed by atoms with van der Waals surface area (Å²) in [5, 5.41) is 10.3. The topological polar surface area (TPSA) is 59.0 Å². The summed E-state index contributed by atoms with van der Waals surface area (Å²) in [7, 11) is 0. The molecule has 4 heterocycles. The van der Waals surface area contributed by atoms with Crippen molar-refractivity contribution in [3.63, 3.8) is 0 Å². The average Bonchev–Trinajstić information content (AvgIpc) is 3.15. The van der Waals surface area contributed by atoms with Crippen molar-refractivity contribution in [2.24, 2.45) is 5.41 Å². The third-order valence-corrected chi connectivity index (χ3v) is 7.23. The van der Waals surface area contributed by atoms with Gasteiger partial charge in [-0.1, -0.05) is 30.9 Å². The molecule has 2 bridgehead atoms. The normalized spacial score (nSPS) is 27.5. The second kappa shape index (κ2) is 6.98. The molecule has 5 nitrogen and oxygen atoms in total. The predicted molar refractivity (Wildman–Crippen MR) is 106 cm³/mol. The number of hydrogen-bond donors (Lipinski definition) is 1. The predicted octanol–water partition coefficient (Wildman–Crippen LogP) is 4.09. The monoisotopic (exact) mass is 401 g/mol. The lowest BCUT2D eigenvalue weighted by Gasteiger charge is -2.58. The number of hydrogen-bond acceptors (Lipinski definition) is 4. The first kappa shape index (κ1) is 18.4. The molecule has 1 saturated carbocycles. The maximum atomic E-state index is 14.0. The Balaban J connectivity index is 1.25. The highest BCUT2D eigenvalue weighted by atomic mass is 35.5. The Labute approximate surface area is 169 Å². The van der Waals surface area contributed by atoms with Crippen LogP contribution in [0.1, 0.15) is 44.3 Å². The highest BCUT2D eigenvalue weighted by Gasteiger charge is 2.48. The summed E-state index contributed by atoms with van der Waals surface area (Å²) in [5.74, 6) is 0.440. The number of imidazole rings is 1. The van der Waals surface area contributed by atoms with Crippen LogP contribution in [0.15, 0.2) is 12.1 Å². The van der Waals surface area contributed by atoms with Crippen LogP contribution in [0.4, 0.5) is 4.39 Å². The zero-order chi connectivity index (χ0) is 19.3. The summed E-state index contributed by atoms with van der Waals surface area (Å²) < 4.78 is 14.0. The number of halogens is 2. The molecule has 1 aromatic heterocycles. The molecular formula is C21H25ClFN5. The highest BCUT2D eigenvalue weighted by molar-refractivity contribution is 6.34. The minimum absolute atomic E-state index is 0.135. The number of aromatic amines is 1. The Morgan fingerprint density at radius 1 is 1.25 bits per heavy atom. The molecule has 0 spiro atoms. The molecule has 148 valence electrons. The van der Waals surface area contributed by atoms with E-state index in [9.17, 15) is 9.65 Å². The summed E-state index contributed by atoms with van der Waals surface area (Å²) in [6.45, 7) is 3.56. The van der Waals surface area contributed by atoms with Crippen molar-refractivity contribution in [2.75, 3.05) is 19.6 Å². The number of nitrogens with one attached hydrogen (secondary N) is 1. The first-order valence-corrected chi connectivity index (χ1v) is 10.7. The zero-order valence-corrected chi connectivity index (χ0v) is 16.7. The number of aromatic nitrogens is 2. The number of rotatable bonds is 4. The van der Waals surface area contributed by atoms with E-state index in [2.05, 4.69) is 25.8 Å². The molecule has 28 heavy (non-hydrogen) atoms. The van der Waals surface area contributed by atoms with Gasteiger partial charge in [0.25, 0.3) is 0 Å².